The number of rotatable bonds is 9. The quantitative estimate of drug-likeness (QED) is 0.242. The maximum Gasteiger partial charge on any atom is 0.293 e. The molecule has 0 bridgehead atoms. The number of amides is 3. The molecule has 3 rings (SSSR count). The minimum atomic E-state index is -0.629. The van der Waals surface area contributed by atoms with Crippen molar-refractivity contribution < 1.29 is 24.0 Å². The van der Waals surface area contributed by atoms with Gasteiger partial charge in [-0.3, -0.25) is 29.4 Å². The van der Waals surface area contributed by atoms with Crippen LogP contribution in [-0.4, -0.2) is 46.6 Å². The summed E-state index contributed by atoms with van der Waals surface area (Å²) in [5, 5.41) is 13.2. The molecule has 0 unspecified atom stereocenters. The number of thioether (sulfide) groups is 1. The number of nitro benzene ring substituents is 1. The van der Waals surface area contributed by atoms with Crippen molar-refractivity contribution in [1.82, 2.24) is 10.2 Å². The zero-order chi connectivity index (χ0) is 24.0. The fourth-order valence-corrected chi connectivity index (χ4v) is 3.90. The summed E-state index contributed by atoms with van der Waals surface area (Å²) in [5.41, 5.74) is 0.470. The van der Waals surface area contributed by atoms with Crippen LogP contribution >= 0.6 is 23.4 Å². The Bertz CT molecular complexity index is 1150. The summed E-state index contributed by atoms with van der Waals surface area (Å²) < 4.78 is 5.36. The molecule has 170 valence electrons. The Morgan fingerprint density at radius 2 is 1.97 bits per heavy atom. The lowest BCUT2D eigenvalue weighted by Gasteiger charge is -2.13. The molecule has 2 aromatic rings. The molecule has 3 amide bonds. The molecule has 33 heavy (non-hydrogen) atoms. The van der Waals surface area contributed by atoms with E-state index in [0.29, 0.717) is 23.5 Å². The van der Waals surface area contributed by atoms with Gasteiger partial charge >= 0.3 is 0 Å². The molecule has 1 aliphatic rings. The summed E-state index contributed by atoms with van der Waals surface area (Å²) in [5.74, 6) is -0.302. The smallest absolute Gasteiger partial charge is 0.293 e. The van der Waals surface area contributed by atoms with Crippen molar-refractivity contribution in [1.29, 1.82) is 0 Å². The summed E-state index contributed by atoms with van der Waals surface area (Å²) >= 11 is 6.52. The second-order valence-corrected chi connectivity index (χ2v) is 8.08. The van der Waals surface area contributed by atoms with Gasteiger partial charge in [-0.05, 0) is 53.7 Å². The van der Waals surface area contributed by atoms with Gasteiger partial charge < -0.3 is 10.1 Å². The maximum atomic E-state index is 12.6. The molecule has 0 aliphatic carbocycles. The van der Waals surface area contributed by atoms with E-state index in [0.717, 1.165) is 16.7 Å². The third-order valence-electron chi connectivity index (χ3n) is 4.44. The minimum absolute atomic E-state index is 0.0188. The van der Waals surface area contributed by atoms with E-state index in [1.54, 1.807) is 30.3 Å². The van der Waals surface area contributed by atoms with Crippen LogP contribution in [0.4, 0.5) is 10.5 Å². The van der Waals surface area contributed by atoms with E-state index in [1.807, 2.05) is 0 Å². The van der Waals surface area contributed by atoms with Crippen molar-refractivity contribution in [3.8, 4) is 5.75 Å². The van der Waals surface area contributed by atoms with Crippen molar-refractivity contribution in [2.75, 3.05) is 19.7 Å². The second kappa shape index (κ2) is 10.8. The number of hydrogen-bond donors (Lipinski definition) is 1. The first kappa shape index (κ1) is 24.0. The highest BCUT2D eigenvalue weighted by Crippen LogP contribution is 2.33. The molecule has 1 aliphatic heterocycles. The molecule has 1 saturated heterocycles. The van der Waals surface area contributed by atoms with Crippen molar-refractivity contribution in [3.05, 3.63) is 86.3 Å². The first-order chi connectivity index (χ1) is 15.8. The van der Waals surface area contributed by atoms with Crippen molar-refractivity contribution in [2.45, 2.75) is 0 Å². The topological polar surface area (TPSA) is 119 Å². The number of ether oxygens (including phenoxy) is 1. The van der Waals surface area contributed by atoms with Crippen LogP contribution in [0.25, 0.3) is 6.08 Å². The van der Waals surface area contributed by atoms with Gasteiger partial charge in [0.05, 0.1) is 9.83 Å². The average molecular weight is 488 g/mol. The second-order valence-electron chi connectivity index (χ2n) is 6.68. The summed E-state index contributed by atoms with van der Waals surface area (Å²) in [6, 6.07) is 10.6. The Morgan fingerprint density at radius 1 is 1.24 bits per heavy atom. The number of carbonyl (C=O) groups excluding carboxylic acids is 3. The van der Waals surface area contributed by atoms with Gasteiger partial charge in [0.1, 0.15) is 17.4 Å². The van der Waals surface area contributed by atoms with E-state index in [1.165, 1.54) is 24.3 Å². The highest BCUT2D eigenvalue weighted by atomic mass is 35.5. The summed E-state index contributed by atoms with van der Waals surface area (Å²) in [4.78, 5) is 48.7. The number of nitro groups is 1. The van der Waals surface area contributed by atoms with Gasteiger partial charge in [0.15, 0.2) is 0 Å². The molecule has 0 saturated carbocycles. The van der Waals surface area contributed by atoms with Gasteiger partial charge in [-0.15, -0.1) is 0 Å². The molecule has 11 heteroatoms. The van der Waals surface area contributed by atoms with Crippen LogP contribution in [0.3, 0.4) is 0 Å². The molecule has 0 radical (unpaired) electrons. The zero-order valence-corrected chi connectivity index (χ0v) is 18.7. The van der Waals surface area contributed by atoms with Gasteiger partial charge in [0.2, 0.25) is 0 Å². The van der Waals surface area contributed by atoms with Gasteiger partial charge in [0, 0.05) is 24.7 Å². The van der Waals surface area contributed by atoms with Crippen molar-refractivity contribution in [3.63, 3.8) is 0 Å². The van der Waals surface area contributed by atoms with Gasteiger partial charge in [-0.1, -0.05) is 30.3 Å². The van der Waals surface area contributed by atoms with Crippen molar-refractivity contribution >= 4 is 52.2 Å². The van der Waals surface area contributed by atoms with Gasteiger partial charge in [-0.2, -0.15) is 0 Å². The molecule has 0 spiro atoms. The first-order valence-electron chi connectivity index (χ1n) is 9.61. The standard InChI is InChI=1S/C22H18ClN3O6S/c1-2-11-32-16-6-4-15(5-7-16)20(27)24-9-10-25-21(28)19(33-22(25)29)13-14-3-8-17(23)18(12-14)26(30)31/h2-8,12-13H,1,9-11H2,(H,24,27)/b19-13-. The number of nitrogens with one attached hydrogen (secondary N) is 1. The summed E-state index contributed by atoms with van der Waals surface area (Å²) in [7, 11) is 0. The molecular weight excluding hydrogens is 470 g/mol. The Kier molecular flexibility index (Phi) is 7.86. The molecule has 1 heterocycles. The van der Waals surface area contributed by atoms with Crippen LogP contribution in [0.2, 0.25) is 5.02 Å². The third kappa shape index (κ3) is 5.99. The number of carbonyl (C=O) groups is 3. The fraction of sp³-hybridized carbons (Fsp3) is 0.136. The lowest BCUT2D eigenvalue weighted by Crippen LogP contribution is -2.37. The van der Waals surface area contributed by atoms with Gasteiger partial charge in [0.25, 0.3) is 22.7 Å². The Labute approximate surface area is 198 Å². The Hall–Kier alpha value is -3.63. The van der Waals surface area contributed by atoms with E-state index in [2.05, 4.69) is 11.9 Å². The minimum Gasteiger partial charge on any atom is -0.490 e. The van der Waals surface area contributed by atoms with Crippen LogP contribution < -0.4 is 10.1 Å². The van der Waals surface area contributed by atoms with E-state index in [4.69, 9.17) is 16.3 Å². The highest BCUT2D eigenvalue weighted by Gasteiger charge is 2.34. The molecule has 2 aromatic carbocycles. The highest BCUT2D eigenvalue weighted by molar-refractivity contribution is 8.18. The molecular formula is C22H18ClN3O6S. The normalized spacial score (nSPS) is 14.5. The predicted octanol–water partition coefficient (Wildman–Crippen LogP) is 4.28. The third-order valence-corrected chi connectivity index (χ3v) is 5.67. The Morgan fingerprint density at radius 3 is 2.64 bits per heavy atom. The summed E-state index contributed by atoms with van der Waals surface area (Å²) in [6.45, 7) is 3.96. The number of halogens is 1. The molecule has 0 atom stereocenters. The van der Waals surface area contributed by atoms with E-state index < -0.39 is 16.1 Å². The zero-order valence-electron chi connectivity index (χ0n) is 17.2. The monoisotopic (exact) mass is 487 g/mol. The Balaban J connectivity index is 1.58. The molecule has 9 nitrogen and oxygen atoms in total. The molecule has 0 aromatic heterocycles. The lowest BCUT2D eigenvalue weighted by atomic mass is 10.2. The fourth-order valence-electron chi connectivity index (χ4n) is 2.84. The number of hydrogen-bond acceptors (Lipinski definition) is 7. The van der Waals surface area contributed by atoms with E-state index in [-0.39, 0.29) is 34.6 Å². The molecule has 1 fully saturated rings. The van der Waals surface area contributed by atoms with E-state index >= 15 is 0 Å². The average Bonchev–Trinajstić information content (AvgIpc) is 3.06. The van der Waals surface area contributed by atoms with Crippen molar-refractivity contribution in [2.24, 2.45) is 0 Å². The van der Waals surface area contributed by atoms with Gasteiger partial charge in [-0.25, -0.2) is 0 Å². The predicted molar refractivity (Wildman–Crippen MR) is 125 cm³/mol. The first-order valence-corrected chi connectivity index (χ1v) is 10.8. The van der Waals surface area contributed by atoms with E-state index in [9.17, 15) is 24.5 Å². The SMILES string of the molecule is C=CCOc1ccc(C(=O)NCCN2C(=O)S/C(=C\c3ccc(Cl)c([N+](=O)[O-])c3)C2=O)cc1. The maximum absolute atomic E-state index is 12.6. The van der Waals surface area contributed by atoms with Crippen LogP contribution in [0.15, 0.2) is 60.0 Å². The van der Waals surface area contributed by atoms with Crippen LogP contribution in [0.5, 0.6) is 5.75 Å². The van der Waals surface area contributed by atoms with Crippen LogP contribution in [0.1, 0.15) is 15.9 Å². The van der Waals surface area contributed by atoms with Crippen LogP contribution in [-0.2, 0) is 4.79 Å². The summed E-state index contributed by atoms with van der Waals surface area (Å²) in [6.07, 6.45) is 3.00. The number of benzene rings is 2. The van der Waals surface area contributed by atoms with Crippen LogP contribution in [0, 0.1) is 10.1 Å². The largest absolute Gasteiger partial charge is 0.490 e. The number of imide groups is 1. The molecule has 1 N–H and O–H groups in total. The number of nitrogens with zero attached hydrogens (tertiary/aromatic N) is 2. The lowest BCUT2D eigenvalue weighted by molar-refractivity contribution is -0.384.